The maximum absolute atomic E-state index is 11.9. The molecule has 1 aliphatic heterocycles. The molecule has 3 nitrogen and oxygen atoms in total. The second kappa shape index (κ2) is 7.18. The highest BCUT2D eigenvalue weighted by Gasteiger charge is 2.20. The van der Waals surface area contributed by atoms with E-state index in [1.807, 2.05) is 24.3 Å². The van der Waals surface area contributed by atoms with Crippen molar-refractivity contribution in [3.63, 3.8) is 0 Å². The highest BCUT2D eigenvalue weighted by molar-refractivity contribution is 14.1. The van der Waals surface area contributed by atoms with E-state index in [0.717, 1.165) is 25.1 Å². The second-order valence-electron chi connectivity index (χ2n) is 4.00. The second-order valence-corrected chi connectivity index (χ2v) is 5.24. The van der Waals surface area contributed by atoms with Gasteiger partial charge in [-0.2, -0.15) is 0 Å². The molecule has 0 aliphatic carbocycles. The van der Waals surface area contributed by atoms with Crippen molar-refractivity contribution in [2.45, 2.75) is 25.3 Å². The van der Waals surface area contributed by atoms with Gasteiger partial charge in [-0.25, -0.2) is 0 Å². The number of carbonyl (C=O) groups excluding carboxylic acids is 1. The van der Waals surface area contributed by atoms with Crippen molar-refractivity contribution in [1.29, 1.82) is 0 Å². The first-order chi connectivity index (χ1) is 7.75. The Morgan fingerprint density at radius 1 is 1.29 bits per heavy atom. The van der Waals surface area contributed by atoms with E-state index >= 15 is 0 Å². The zero-order valence-corrected chi connectivity index (χ0v) is 12.4. The molecule has 1 aliphatic rings. The summed E-state index contributed by atoms with van der Waals surface area (Å²) in [6.07, 6.45) is 3.25. The van der Waals surface area contributed by atoms with E-state index in [1.54, 1.807) is 0 Å². The summed E-state index contributed by atoms with van der Waals surface area (Å²) in [4.78, 5) is 11.9. The van der Waals surface area contributed by atoms with Crippen LogP contribution >= 0.6 is 35.0 Å². The number of amides is 1. The molecule has 5 heteroatoms. The molecule has 0 unspecified atom stereocenters. The van der Waals surface area contributed by atoms with Gasteiger partial charge in [0.2, 0.25) is 5.91 Å². The predicted molar refractivity (Wildman–Crippen MR) is 80.7 cm³/mol. The highest BCUT2D eigenvalue weighted by Crippen LogP contribution is 2.13. The number of rotatable bonds is 2. The number of hydrogen-bond donors (Lipinski definition) is 2. The van der Waals surface area contributed by atoms with Crippen LogP contribution in [0.4, 0.5) is 5.69 Å². The van der Waals surface area contributed by atoms with Gasteiger partial charge in [0.25, 0.3) is 0 Å². The fourth-order valence-electron chi connectivity index (χ4n) is 1.84. The summed E-state index contributed by atoms with van der Waals surface area (Å²) < 4.78 is 1.17. The maximum Gasteiger partial charge on any atom is 0.241 e. The summed E-state index contributed by atoms with van der Waals surface area (Å²) in [5, 5.41) is 6.17. The van der Waals surface area contributed by atoms with Crippen molar-refractivity contribution >= 4 is 46.6 Å². The first-order valence-corrected chi connectivity index (χ1v) is 6.63. The summed E-state index contributed by atoms with van der Waals surface area (Å²) in [6, 6.07) is 7.83. The Morgan fingerprint density at radius 3 is 2.59 bits per heavy atom. The topological polar surface area (TPSA) is 41.1 Å². The molecule has 1 heterocycles. The molecule has 17 heavy (non-hydrogen) atoms. The highest BCUT2D eigenvalue weighted by atomic mass is 127. The molecule has 0 radical (unpaired) electrons. The molecular weight excluding hydrogens is 351 g/mol. The number of piperidine rings is 1. The van der Waals surface area contributed by atoms with Crippen LogP contribution in [-0.4, -0.2) is 18.5 Å². The first kappa shape index (κ1) is 14.7. The number of carbonyl (C=O) groups is 1. The molecule has 1 aromatic carbocycles. The normalized spacial score (nSPS) is 19.2. The van der Waals surface area contributed by atoms with E-state index in [2.05, 4.69) is 33.2 Å². The molecule has 1 saturated heterocycles. The number of benzene rings is 1. The van der Waals surface area contributed by atoms with Crippen LogP contribution in [0.3, 0.4) is 0 Å². The van der Waals surface area contributed by atoms with Gasteiger partial charge in [0.15, 0.2) is 0 Å². The van der Waals surface area contributed by atoms with Gasteiger partial charge in [0.1, 0.15) is 0 Å². The maximum atomic E-state index is 11.9. The lowest BCUT2D eigenvalue weighted by atomic mass is 10.0. The van der Waals surface area contributed by atoms with Crippen molar-refractivity contribution in [1.82, 2.24) is 5.32 Å². The number of halogens is 2. The standard InChI is InChI=1S/C12H15IN2O.ClH/c13-9-4-6-10(7-5-9)15-12(16)11-3-1-2-8-14-11;/h4-7,11,14H,1-3,8H2,(H,15,16);1H/t11-;/m1./s1. The molecule has 1 amide bonds. The van der Waals surface area contributed by atoms with E-state index in [4.69, 9.17) is 0 Å². The van der Waals surface area contributed by atoms with Gasteiger partial charge in [0, 0.05) is 9.26 Å². The van der Waals surface area contributed by atoms with Crippen LogP contribution in [-0.2, 0) is 4.79 Å². The summed E-state index contributed by atoms with van der Waals surface area (Å²) in [6.45, 7) is 0.949. The molecule has 0 spiro atoms. The quantitative estimate of drug-likeness (QED) is 0.790. The molecule has 1 fully saturated rings. The first-order valence-electron chi connectivity index (χ1n) is 5.55. The molecule has 1 atom stereocenters. The van der Waals surface area contributed by atoms with Gasteiger partial charge in [-0.05, 0) is 66.2 Å². The lowest BCUT2D eigenvalue weighted by Gasteiger charge is -2.22. The van der Waals surface area contributed by atoms with Crippen molar-refractivity contribution < 1.29 is 4.79 Å². The average Bonchev–Trinajstić information content (AvgIpc) is 2.33. The zero-order chi connectivity index (χ0) is 11.4. The Morgan fingerprint density at radius 2 is 2.00 bits per heavy atom. The fourth-order valence-corrected chi connectivity index (χ4v) is 2.20. The third kappa shape index (κ3) is 4.44. The van der Waals surface area contributed by atoms with Gasteiger partial charge in [-0.3, -0.25) is 4.79 Å². The van der Waals surface area contributed by atoms with Crippen molar-refractivity contribution in [2.75, 3.05) is 11.9 Å². The Labute approximate surface area is 121 Å². The van der Waals surface area contributed by atoms with Crippen molar-refractivity contribution in [3.8, 4) is 0 Å². The molecule has 2 N–H and O–H groups in total. The Hall–Kier alpha value is -0.330. The van der Waals surface area contributed by atoms with Crippen molar-refractivity contribution in [3.05, 3.63) is 27.8 Å². The molecule has 1 aromatic rings. The van der Waals surface area contributed by atoms with E-state index < -0.39 is 0 Å². The molecule has 94 valence electrons. The Balaban J connectivity index is 0.00000144. The minimum atomic E-state index is -0.0203. The smallest absolute Gasteiger partial charge is 0.241 e. The van der Waals surface area contributed by atoms with Crippen LogP contribution in [0.15, 0.2) is 24.3 Å². The third-order valence-corrected chi connectivity index (χ3v) is 3.46. The minimum Gasteiger partial charge on any atom is -0.325 e. The molecule has 0 bridgehead atoms. The van der Waals surface area contributed by atoms with E-state index in [-0.39, 0.29) is 24.4 Å². The zero-order valence-electron chi connectivity index (χ0n) is 9.41. The van der Waals surface area contributed by atoms with E-state index in [1.165, 1.54) is 9.99 Å². The number of anilines is 1. The van der Waals surface area contributed by atoms with Crippen LogP contribution < -0.4 is 10.6 Å². The largest absolute Gasteiger partial charge is 0.325 e. The molecular formula is C12H16ClIN2O. The van der Waals surface area contributed by atoms with Crippen LogP contribution in [0.1, 0.15) is 19.3 Å². The van der Waals surface area contributed by atoms with E-state index in [0.29, 0.717) is 0 Å². The Kier molecular flexibility index (Phi) is 6.22. The summed E-state index contributed by atoms with van der Waals surface area (Å²) in [5.74, 6) is 0.0842. The summed E-state index contributed by atoms with van der Waals surface area (Å²) in [5.41, 5.74) is 0.873. The van der Waals surface area contributed by atoms with Crippen LogP contribution in [0, 0.1) is 3.57 Å². The van der Waals surface area contributed by atoms with Gasteiger partial charge >= 0.3 is 0 Å². The van der Waals surface area contributed by atoms with Crippen LogP contribution in [0.5, 0.6) is 0 Å². The minimum absolute atomic E-state index is 0. The van der Waals surface area contributed by atoms with E-state index in [9.17, 15) is 4.79 Å². The summed E-state index contributed by atoms with van der Waals surface area (Å²) in [7, 11) is 0. The van der Waals surface area contributed by atoms with Gasteiger partial charge in [-0.1, -0.05) is 6.42 Å². The van der Waals surface area contributed by atoms with Crippen LogP contribution in [0.2, 0.25) is 0 Å². The SMILES string of the molecule is Cl.O=C(Nc1ccc(I)cc1)[C@H]1CCCCN1. The lowest BCUT2D eigenvalue weighted by Crippen LogP contribution is -2.43. The Bertz CT molecular complexity index is 363. The van der Waals surface area contributed by atoms with Gasteiger partial charge < -0.3 is 10.6 Å². The predicted octanol–water partition coefficient (Wildman–Crippen LogP) is 2.79. The van der Waals surface area contributed by atoms with Crippen molar-refractivity contribution in [2.24, 2.45) is 0 Å². The molecule has 0 saturated carbocycles. The van der Waals surface area contributed by atoms with Gasteiger partial charge in [-0.15, -0.1) is 12.4 Å². The monoisotopic (exact) mass is 366 g/mol. The summed E-state index contributed by atoms with van der Waals surface area (Å²) >= 11 is 2.25. The number of hydrogen-bond acceptors (Lipinski definition) is 2. The fraction of sp³-hybridized carbons (Fsp3) is 0.417. The molecule has 2 rings (SSSR count). The lowest BCUT2D eigenvalue weighted by molar-refractivity contribution is -0.118. The third-order valence-electron chi connectivity index (χ3n) is 2.74. The molecule has 0 aromatic heterocycles. The average molecular weight is 367 g/mol. The van der Waals surface area contributed by atoms with Crippen LogP contribution in [0.25, 0.3) is 0 Å². The number of nitrogens with one attached hydrogen (secondary N) is 2. The van der Waals surface area contributed by atoms with Gasteiger partial charge in [0.05, 0.1) is 6.04 Å².